The Bertz CT molecular complexity index is 539. The third kappa shape index (κ3) is 4.29. The summed E-state index contributed by atoms with van der Waals surface area (Å²) in [7, 11) is -1.07. The Hall–Kier alpha value is -0.400. The van der Waals surface area contributed by atoms with Gasteiger partial charge in [-0.2, -0.15) is 4.31 Å². The molecule has 0 spiro atoms. The molecule has 0 saturated heterocycles. The smallest absolute Gasteiger partial charge is 0.244 e. The van der Waals surface area contributed by atoms with Crippen molar-refractivity contribution in [3.63, 3.8) is 0 Å². The second-order valence-corrected chi connectivity index (χ2v) is 6.95. The summed E-state index contributed by atoms with van der Waals surface area (Å²) < 4.78 is 43.4. The van der Waals surface area contributed by atoms with Gasteiger partial charge in [0.25, 0.3) is 0 Å². The van der Waals surface area contributed by atoms with Crippen LogP contribution >= 0.6 is 23.2 Å². The number of rotatable bonds is 6. The van der Waals surface area contributed by atoms with Crippen molar-refractivity contribution < 1.29 is 17.5 Å². The number of alkyl halides is 1. The zero-order valence-electron chi connectivity index (χ0n) is 10.4. The average Bonchev–Trinajstić information content (AvgIpc) is 2.32. The second kappa shape index (κ2) is 6.85. The van der Waals surface area contributed by atoms with Gasteiger partial charge < -0.3 is 4.74 Å². The molecule has 108 valence electrons. The molecule has 0 aliphatic heterocycles. The lowest BCUT2D eigenvalue weighted by atomic mass is 10.3. The summed E-state index contributed by atoms with van der Waals surface area (Å²) in [6, 6.07) is 3.18. The van der Waals surface area contributed by atoms with E-state index in [9.17, 15) is 12.8 Å². The molecule has 1 rings (SSSR count). The summed E-state index contributed by atoms with van der Waals surface area (Å²) >= 11 is 11.7. The van der Waals surface area contributed by atoms with E-state index in [0.717, 1.165) is 16.4 Å². The van der Waals surface area contributed by atoms with Crippen molar-refractivity contribution in [2.45, 2.75) is 10.3 Å². The van der Waals surface area contributed by atoms with Gasteiger partial charge in [0.1, 0.15) is 10.7 Å². The monoisotopic (exact) mass is 329 g/mol. The molecule has 8 heteroatoms. The molecule has 0 fully saturated rings. The van der Waals surface area contributed by atoms with E-state index in [-0.39, 0.29) is 23.1 Å². The van der Waals surface area contributed by atoms with Gasteiger partial charge in [0.05, 0.1) is 17.0 Å². The molecule has 4 nitrogen and oxygen atoms in total. The molecule has 19 heavy (non-hydrogen) atoms. The Morgan fingerprint density at radius 3 is 2.68 bits per heavy atom. The fourth-order valence-corrected chi connectivity index (χ4v) is 3.57. The molecule has 1 aromatic carbocycles. The van der Waals surface area contributed by atoms with Crippen LogP contribution in [-0.4, -0.2) is 45.4 Å². The quantitative estimate of drug-likeness (QED) is 0.752. The fourth-order valence-electron chi connectivity index (χ4n) is 1.45. The van der Waals surface area contributed by atoms with Crippen molar-refractivity contribution in [1.29, 1.82) is 0 Å². The molecule has 1 aromatic rings. The predicted molar refractivity (Wildman–Crippen MR) is 72.7 cm³/mol. The van der Waals surface area contributed by atoms with Gasteiger partial charge in [0.15, 0.2) is 0 Å². The molecule has 0 aliphatic carbocycles. The fraction of sp³-hybridized carbons (Fsp3) is 0.455. The lowest BCUT2D eigenvalue weighted by Crippen LogP contribution is -2.34. The van der Waals surface area contributed by atoms with E-state index in [1.54, 1.807) is 0 Å². The number of sulfonamides is 1. The maximum absolute atomic E-state index is 13.1. The van der Waals surface area contributed by atoms with Crippen LogP contribution in [0.1, 0.15) is 0 Å². The van der Waals surface area contributed by atoms with Gasteiger partial charge in [-0.3, -0.25) is 0 Å². The van der Waals surface area contributed by atoms with E-state index >= 15 is 0 Å². The summed E-state index contributed by atoms with van der Waals surface area (Å²) in [5.41, 5.74) is 0. The van der Waals surface area contributed by atoms with E-state index in [1.165, 1.54) is 20.2 Å². The van der Waals surface area contributed by atoms with Crippen molar-refractivity contribution >= 4 is 33.2 Å². The second-order valence-electron chi connectivity index (χ2n) is 3.91. The van der Waals surface area contributed by atoms with Crippen molar-refractivity contribution in [3.05, 3.63) is 29.0 Å². The summed E-state index contributed by atoms with van der Waals surface area (Å²) in [6.45, 7) is 0.239. The van der Waals surface area contributed by atoms with E-state index in [2.05, 4.69) is 0 Å². The van der Waals surface area contributed by atoms with Gasteiger partial charge in [-0.25, -0.2) is 12.8 Å². The molecule has 0 N–H and O–H groups in total. The number of methoxy groups -OCH3 is 1. The minimum Gasteiger partial charge on any atom is -0.383 e. The van der Waals surface area contributed by atoms with Crippen LogP contribution in [0.2, 0.25) is 5.02 Å². The molecule has 1 atom stereocenters. The lowest BCUT2D eigenvalue weighted by Gasteiger charge is -2.20. The van der Waals surface area contributed by atoms with Gasteiger partial charge in [0, 0.05) is 20.7 Å². The van der Waals surface area contributed by atoms with Crippen molar-refractivity contribution in [2.75, 3.05) is 27.3 Å². The predicted octanol–water partition coefficient (Wildman–Crippen LogP) is 2.35. The maximum atomic E-state index is 13.1. The molecule has 1 unspecified atom stereocenters. The first-order valence-electron chi connectivity index (χ1n) is 5.33. The minimum absolute atomic E-state index is 0.0323. The SMILES string of the molecule is COCC(Cl)CN(C)S(=O)(=O)c1cc(F)ccc1Cl. The van der Waals surface area contributed by atoms with Gasteiger partial charge in [-0.1, -0.05) is 11.6 Å². The van der Waals surface area contributed by atoms with E-state index in [0.29, 0.717) is 0 Å². The molecule has 0 amide bonds. The summed E-state index contributed by atoms with van der Waals surface area (Å²) in [5, 5.41) is -0.539. The number of hydrogen-bond donors (Lipinski definition) is 0. The van der Waals surface area contributed by atoms with Crippen LogP contribution < -0.4 is 0 Å². The van der Waals surface area contributed by atoms with Gasteiger partial charge in [-0.15, -0.1) is 11.6 Å². The highest BCUT2D eigenvalue weighted by Crippen LogP contribution is 2.25. The lowest BCUT2D eigenvalue weighted by molar-refractivity contribution is 0.192. The van der Waals surface area contributed by atoms with E-state index in [1.807, 2.05) is 0 Å². The average molecular weight is 330 g/mol. The number of ether oxygens (including phenoxy) is 1. The normalized spacial score (nSPS) is 13.8. The molecule has 0 aromatic heterocycles. The van der Waals surface area contributed by atoms with Crippen molar-refractivity contribution in [2.24, 2.45) is 0 Å². The number of hydrogen-bond acceptors (Lipinski definition) is 3. The first-order chi connectivity index (χ1) is 8.78. The summed E-state index contributed by atoms with van der Waals surface area (Å²) in [5.74, 6) is -0.671. The highest BCUT2D eigenvalue weighted by Gasteiger charge is 2.25. The molecule has 0 heterocycles. The first-order valence-corrected chi connectivity index (χ1v) is 7.59. The third-order valence-electron chi connectivity index (χ3n) is 2.38. The van der Waals surface area contributed by atoms with Crippen molar-refractivity contribution in [3.8, 4) is 0 Å². The summed E-state index contributed by atoms with van der Waals surface area (Å²) in [4.78, 5) is -0.280. The molecule has 0 aliphatic rings. The van der Waals surface area contributed by atoms with E-state index in [4.69, 9.17) is 27.9 Å². The Morgan fingerprint density at radius 1 is 1.47 bits per heavy atom. The standard InChI is InChI=1S/C11H14Cl2FNO3S/c1-15(6-8(12)7-18-2)19(16,17)11-5-9(14)3-4-10(11)13/h3-5,8H,6-7H2,1-2H3. The Kier molecular flexibility index (Phi) is 6.01. The van der Waals surface area contributed by atoms with Crippen LogP contribution in [0.25, 0.3) is 0 Å². The highest BCUT2D eigenvalue weighted by molar-refractivity contribution is 7.89. The van der Waals surface area contributed by atoms with Gasteiger partial charge >= 0.3 is 0 Å². The maximum Gasteiger partial charge on any atom is 0.244 e. The Labute approximate surface area is 122 Å². The molecular weight excluding hydrogens is 316 g/mol. The number of halogens is 3. The molecule has 0 bridgehead atoms. The topological polar surface area (TPSA) is 46.6 Å². The Balaban J connectivity index is 3.00. The van der Waals surface area contributed by atoms with Crippen molar-refractivity contribution in [1.82, 2.24) is 4.31 Å². The van der Waals surface area contributed by atoms with Crippen LogP contribution in [0.4, 0.5) is 4.39 Å². The van der Waals surface area contributed by atoms with Crippen LogP contribution in [-0.2, 0) is 14.8 Å². The molecule has 0 radical (unpaired) electrons. The zero-order chi connectivity index (χ0) is 14.6. The third-order valence-corrected chi connectivity index (χ3v) is 4.95. The minimum atomic E-state index is -3.88. The van der Waals surface area contributed by atoms with Gasteiger partial charge in [-0.05, 0) is 18.2 Å². The van der Waals surface area contributed by atoms with Crippen LogP contribution in [0.5, 0.6) is 0 Å². The van der Waals surface area contributed by atoms with Crippen LogP contribution in [0.3, 0.4) is 0 Å². The number of benzene rings is 1. The Morgan fingerprint density at radius 2 is 2.11 bits per heavy atom. The first kappa shape index (κ1) is 16.7. The van der Waals surface area contributed by atoms with E-state index < -0.39 is 21.2 Å². The summed E-state index contributed by atoms with van der Waals surface area (Å²) in [6.07, 6.45) is 0. The van der Waals surface area contributed by atoms with Crippen LogP contribution in [0, 0.1) is 5.82 Å². The largest absolute Gasteiger partial charge is 0.383 e. The zero-order valence-corrected chi connectivity index (χ0v) is 12.8. The van der Waals surface area contributed by atoms with Gasteiger partial charge in [0.2, 0.25) is 10.0 Å². The van der Waals surface area contributed by atoms with Crippen LogP contribution in [0.15, 0.2) is 23.1 Å². The highest BCUT2D eigenvalue weighted by atomic mass is 35.5. The molecule has 0 saturated carbocycles. The number of nitrogens with zero attached hydrogens (tertiary/aromatic N) is 1. The molecular formula is C11H14Cl2FNO3S.